The van der Waals surface area contributed by atoms with Gasteiger partial charge < -0.3 is 5.73 Å². The molecule has 1 saturated carbocycles. The van der Waals surface area contributed by atoms with Crippen LogP contribution in [-0.4, -0.2) is 12.5 Å². The van der Waals surface area contributed by atoms with Crippen molar-refractivity contribution in [1.82, 2.24) is 0 Å². The molecule has 2 N–H and O–H groups in total. The van der Waals surface area contributed by atoms with E-state index in [0.29, 0.717) is 10.6 Å². The molecule has 0 aliphatic heterocycles. The summed E-state index contributed by atoms with van der Waals surface area (Å²) in [7, 11) is 0. The van der Waals surface area contributed by atoms with E-state index in [4.69, 9.17) is 17.3 Å². The molecule has 1 unspecified atom stereocenters. The van der Waals surface area contributed by atoms with Gasteiger partial charge in [-0.3, -0.25) is 0 Å². The zero-order valence-electron chi connectivity index (χ0n) is 8.36. The van der Waals surface area contributed by atoms with E-state index in [1.165, 1.54) is 0 Å². The molecule has 0 bridgehead atoms. The van der Waals surface area contributed by atoms with Gasteiger partial charge >= 0.3 is 0 Å². The number of alkyl halides is 2. The van der Waals surface area contributed by atoms with E-state index in [9.17, 15) is 8.78 Å². The summed E-state index contributed by atoms with van der Waals surface area (Å²) >= 11 is 6.03. The Labute approximate surface area is 92.2 Å². The second kappa shape index (κ2) is 3.16. The molecule has 0 radical (unpaired) electrons. The minimum Gasteiger partial charge on any atom is -0.329 e. The lowest BCUT2D eigenvalue weighted by Gasteiger charge is -2.17. The van der Waals surface area contributed by atoms with Crippen molar-refractivity contribution in [3.8, 4) is 0 Å². The third kappa shape index (κ3) is 1.37. The second-order valence-electron chi connectivity index (χ2n) is 4.10. The number of benzene rings is 1. The quantitative estimate of drug-likeness (QED) is 0.832. The van der Waals surface area contributed by atoms with Crippen molar-refractivity contribution in [3.63, 3.8) is 0 Å². The summed E-state index contributed by atoms with van der Waals surface area (Å²) in [6.07, 6.45) is -0.195. The van der Waals surface area contributed by atoms with Crippen LogP contribution in [0.4, 0.5) is 8.78 Å². The Hall–Kier alpha value is -0.670. The molecular weight excluding hydrogens is 220 g/mol. The normalized spacial score (nSPS) is 27.8. The molecule has 82 valence electrons. The largest absolute Gasteiger partial charge is 0.329 e. The Morgan fingerprint density at radius 3 is 2.53 bits per heavy atom. The monoisotopic (exact) mass is 231 g/mol. The number of halogens is 3. The van der Waals surface area contributed by atoms with Crippen LogP contribution in [0.2, 0.25) is 5.02 Å². The summed E-state index contributed by atoms with van der Waals surface area (Å²) in [4.78, 5) is 0. The van der Waals surface area contributed by atoms with Gasteiger partial charge in [0.15, 0.2) is 0 Å². The molecular formula is C11H12ClF2N. The zero-order valence-corrected chi connectivity index (χ0v) is 9.11. The molecule has 15 heavy (non-hydrogen) atoms. The first-order valence-corrected chi connectivity index (χ1v) is 5.16. The molecule has 1 aliphatic rings. The Morgan fingerprint density at radius 2 is 2.07 bits per heavy atom. The average Bonchev–Trinajstić information content (AvgIpc) is 2.74. The van der Waals surface area contributed by atoms with Gasteiger partial charge in [-0.1, -0.05) is 29.8 Å². The van der Waals surface area contributed by atoms with Gasteiger partial charge in [-0.15, -0.1) is 0 Å². The third-order valence-corrected chi connectivity index (χ3v) is 3.66. The number of aryl methyl sites for hydroxylation is 1. The number of rotatable bonds is 2. The maximum atomic E-state index is 13.3. The maximum Gasteiger partial charge on any atom is 0.260 e. The maximum absolute atomic E-state index is 13.3. The Kier molecular flexibility index (Phi) is 2.28. The van der Waals surface area contributed by atoms with Crippen molar-refractivity contribution in [2.24, 2.45) is 5.73 Å². The molecule has 1 atom stereocenters. The summed E-state index contributed by atoms with van der Waals surface area (Å²) < 4.78 is 26.6. The highest BCUT2D eigenvalue weighted by molar-refractivity contribution is 6.32. The van der Waals surface area contributed by atoms with E-state index in [1.807, 2.05) is 0 Å². The van der Waals surface area contributed by atoms with Crippen LogP contribution in [-0.2, 0) is 5.41 Å². The summed E-state index contributed by atoms with van der Waals surface area (Å²) in [5, 5.41) is 0.417. The summed E-state index contributed by atoms with van der Waals surface area (Å²) in [5.74, 6) is -2.71. The molecule has 2 rings (SSSR count). The highest BCUT2D eigenvalue weighted by Crippen LogP contribution is 2.62. The number of hydrogen-bond donors (Lipinski definition) is 1. The zero-order chi connectivity index (χ0) is 11.3. The fourth-order valence-corrected chi connectivity index (χ4v) is 2.28. The topological polar surface area (TPSA) is 26.0 Å². The van der Waals surface area contributed by atoms with E-state index >= 15 is 0 Å². The van der Waals surface area contributed by atoms with E-state index in [2.05, 4.69) is 0 Å². The molecule has 1 aliphatic carbocycles. The Balaban J connectivity index is 2.51. The molecule has 1 fully saturated rings. The van der Waals surface area contributed by atoms with Crippen LogP contribution < -0.4 is 5.73 Å². The van der Waals surface area contributed by atoms with Crippen LogP contribution in [0.1, 0.15) is 17.5 Å². The Bertz CT molecular complexity index is 406. The average molecular weight is 232 g/mol. The standard InChI is InChI=1S/C11H12ClF2N/c1-7-3-2-4-8(9(7)12)10(6-15)5-11(10,13)14/h2-4H,5-6,15H2,1H3. The first kappa shape index (κ1) is 10.8. The van der Waals surface area contributed by atoms with E-state index < -0.39 is 11.3 Å². The first-order chi connectivity index (χ1) is 6.94. The van der Waals surface area contributed by atoms with Crippen molar-refractivity contribution < 1.29 is 8.78 Å². The van der Waals surface area contributed by atoms with Crippen molar-refractivity contribution in [1.29, 1.82) is 0 Å². The van der Waals surface area contributed by atoms with Gasteiger partial charge in [0.1, 0.15) is 0 Å². The SMILES string of the molecule is Cc1cccc(C2(CN)CC2(F)F)c1Cl. The van der Waals surface area contributed by atoms with Crippen molar-refractivity contribution in [2.75, 3.05) is 6.54 Å². The van der Waals surface area contributed by atoms with Crippen molar-refractivity contribution in [2.45, 2.75) is 24.7 Å². The second-order valence-corrected chi connectivity index (χ2v) is 4.48. The minimum absolute atomic E-state index is 0.0663. The fourth-order valence-electron chi connectivity index (χ4n) is 1.98. The fraction of sp³-hybridized carbons (Fsp3) is 0.455. The molecule has 1 nitrogen and oxygen atoms in total. The minimum atomic E-state index is -2.71. The van der Waals surface area contributed by atoms with E-state index in [-0.39, 0.29) is 13.0 Å². The van der Waals surface area contributed by atoms with Gasteiger partial charge in [-0.25, -0.2) is 8.78 Å². The molecule has 0 saturated heterocycles. The van der Waals surface area contributed by atoms with Gasteiger partial charge in [0.2, 0.25) is 0 Å². The van der Waals surface area contributed by atoms with Gasteiger partial charge in [-0.2, -0.15) is 0 Å². The molecule has 0 aromatic heterocycles. The summed E-state index contributed by atoms with van der Waals surface area (Å²) in [5.41, 5.74) is 5.52. The van der Waals surface area contributed by atoms with Crippen LogP contribution in [0.5, 0.6) is 0 Å². The summed E-state index contributed by atoms with van der Waals surface area (Å²) in [6, 6.07) is 5.18. The lowest BCUT2D eigenvalue weighted by molar-refractivity contribution is 0.0896. The smallest absolute Gasteiger partial charge is 0.260 e. The number of nitrogens with two attached hydrogens (primary N) is 1. The highest BCUT2D eigenvalue weighted by Gasteiger charge is 2.71. The van der Waals surface area contributed by atoms with Crippen LogP contribution in [0, 0.1) is 6.92 Å². The van der Waals surface area contributed by atoms with Gasteiger partial charge in [0.05, 0.1) is 5.41 Å². The molecule has 4 heteroatoms. The van der Waals surface area contributed by atoms with Gasteiger partial charge in [-0.05, 0) is 18.1 Å². The predicted molar refractivity (Wildman–Crippen MR) is 56.5 cm³/mol. The molecule has 1 aromatic carbocycles. The van der Waals surface area contributed by atoms with Crippen molar-refractivity contribution >= 4 is 11.6 Å². The third-order valence-electron chi connectivity index (χ3n) is 3.15. The van der Waals surface area contributed by atoms with Crippen LogP contribution >= 0.6 is 11.6 Å². The van der Waals surface area contributed by atoms with Crippen LogP contribution in [0.25, 0.3) is 0 Å². The lowest BCUT2D eigenvalue weighted by Crippen LogP contribution is -2.27. The van der Waals surface area contributed by atoms with Crippen LogP contribution in [0.3, 0.4) is 0 Å². The highest BCUT2D eigenvalue weighted by atomic mass is 35.5. The predicted octanol–water partition coefficient (Wildman–Crippen LogP) is 2.88. The lowest BCUT2D eigenvalue weighted by atomic mass is 9.94. The molecule has 0 spiro atoms. The van der Waals surface area contributed by atoms with Crippen molar-refractivity contribution in [3.05, 3.63) is 34.3 Å². The summed E-state index contributed by atoms with van der Waals surface area (Å²) in [6.45, 7) is 1.74. The van der Waals surface area contributed by atoms with Gasteiger partial charge in [0.25, 0.3) is 5.92 Å². The van der Waals surface area contributed by atoms with Gasteiger partial charge in [0, 0.05) is 18.0 Å². The van der Waals surface area contributed by atoms with E-state index in [1.54, 1.807) is 25.1 Å². The Morgan fingerprint density at radius 1 is 1.47 bits per heavy atom. The first-order valence-electron chi connectivity index (χ1n) is 4.78. The number of hydrogen-bond acceptors (Lipinski definition) is 1. The van der Waals surface area contributed by atoms with E-state index in [0.717, 1.165) is 5.56 Å². The van der Waals surface area contributed by atoms with Crippen LogP contribution in [0.15, 0.2) is 18.2 Å². The molecule has 0 amide bonds. The molecule has 1 aromatic rings. The molecule has 0 heterocycles.